The second kappa shape index (κ2) is 9.65. The van der Waals surface area contributed by atoms with E-state index in [1.165, 1.54) is 34.6 Å². The minimum Gasteiger partial charge on any atom is -0.493 e. The van der Waals surface area contributed by atoms with E-state index in [-0.39, 0.29) is 5.69 Å². The third-order valence-electron chi connectivity index (χ3n) is 7.12. The molecule has 1 N–H and O–H groups in total. The van der Waals surface area contributed by atoms with Crippen molar-refractivity contribution in [2.24, 2.45) is 5.92 Å². The van der Waals surface area contributed by atoms with Crippen molar-refractivity contribution in [3.8, 4) is 21.9 Å². The second-order valence-electron chi connectivity index (χ2n) is 9.82. The molecule has 3 aromatic carbocycles. The molecule has 7 heteroatoms. The highest BCUT2D eigenvalue weighted by molar-refractivity contribution is 7.21. The first-order valence-corrected chi connectivity index (χ1v) is 13.5. The summed E-state index contributed by atoms with van der Waals surface area (Å²) in [5.74, 6) is 0.782. The Morgan fingerprint density at radius 3 is 2.58 bits per heavy atom. The molecule has 0 radical (unpaired) electrons. The molecule has 0 unspecified atom stereocenters. The molecule has 1 saturated carbocycles. The molecular weight excluding hydrogens is 498 g/mol. The lowest BCUT2D eigenvalue weighted by Crippen LogP contribution is -2.19. The van der Waals surface area contributed by atoms with Crippen molar-refractivity contribution in [3.05, 3.63) is 99.5 Å². The van der Waals surface area contributed by atoms with Gasteiger partial charge in [-0.05, 0) is 71.3 Å². The van der Waals surface area contributed by atoms with Crippen molar-refractivity contribution in [2.45, 2.75) is 26.2 Å². The van der Waals surface area contributed by atoms with E-state index in [0.29, 0.717) is 34.4 Å². The van der Waals surface area contributed by atoms with E-state index >= 15 is 0 Å². The lowest BCUT2D eigenvalue weighted by atomic mass is 9.98. The number of thiazole rings is 1. The van der Waals surface area contributed by atoms with Crippen molar-refractivity contribution in [2.75, 3.05) is 13.7 Å². The highest BCUT2D eigenvalue weighted by atomic mass is 32.1. The van der Waals surface area contributed by atoms with Crippen LogP contribution in [0.1, 0.15) is 40.0 Å². The molecule has 0 aliphatic heterocycles. The van der Waals surface area contributed by atoms with Crippen LogP contribution in [0.4, 0.5) is 0 Å². The summed E-state index contributed by atoms with van der Waals surface area (Å²) in [6.07, 6.45) is 2.90. The maximum atomic E-state index is 13.4. The fourth-order valence-corrected chi connectivity index (χ4v) is 6.30. The van der Waals surface area contributed by atoms with Crippen molar-refractivity contribution in [3.63, 3.8) is 0 Å². The van der Waals surface area contributed by atoms with E-state index in [0.717, 1.165) is 38.8 Å². The summed E-state index contributed by atoms with van der Waals surface area (Å²) >= 11 is 1.26. The molecule has 2 heterocycles. The lowest BCUT2D eigenvalue weighted by Gasteiger charge is -2.12. The number of methoxy groups -OCH3 is 1. The van der Waals surface area contributed by atoms with Gasteiger partial charge in [-0.15, -0.1) is 11.3 Å². The topological polar surface area (TPSA) is 77.2 Å². The molecule has 0 bridgehead atoms. The molecule has 6 rings (SSSR count). The summed E-state index contributed by atoms with van der Waals surface area (Å²) in [5, 5.41) is 12.4. The Hall–Kier alpha value is -4.10. The second-order valence-corrected chi connectivity index (χ2v) is 10.8. The van der Waals surface area contributed by atoms with Gasteiger partial charge in [0.1, 0.15) is 10.6 Å². The molecule has 2 aromatic heterocycles. The van der Waals surface area contributed by atoms with Crippen LogP contribution in [0.15, 0.2) is 71.5 Å². The number of carboxylic acids is 1. The third-order valence-corrected chi connectivity index (χ3v) is 8.32. The largest absolute Gasteiger partial charge is 0.493 e. The summed E-state index contributed by atoms with van der Waals surface area (Å²) in [6.45, 7) is 2.66. The molecule has 1 aliphatic carbocycles. The van der Waals surface area contributed by atoms with Crippen LogP contribution >= 0.6 is 11.3 Å². The fraction of sp³-hybridized carbons (Fsp3) is 0.226. The Morgan fingerprint density at radius 2 is 1.84 bits per heavy atom. The molecule has 1 aliphatic rings. The number of ether oxygens (including phenoxy) is 2. The summed E-state index contributed by atoms with van der Waals surface area (Å²) in [5.41, 5.74) is 2.99. The predicted molar refractivity (Wildman–Crippen MR) is 150 cm³/mol. The van der Waals surface area contributed by atoms with Crippen LogP contribution in [0, 0.1) is 12.8 Å². The average Bonchev–Trinajstić information content (AvgIpc) is 3.65. The zero-order chi connectivity index (χ0) is 26.4. The molecule has 0 spiro atoms. The van der Waals surface area contributed by atoms with Gasteiger partial charge in [0, 0.05) is 18.1 Å². The van der Waals surface area contributed by atoms with Crippen molar-refractivity contribution < 1.29 is 19.4 Å². The van der Waals surface area contributed by atoms with Crippen LogP contribution in [0.2, 0.25) is 0 Å². The Morgan fingerprint density at radius 1 is 1.05 bits per heavy atom. The zero-order valence-corrected chi connectivity index (χ0v) is 22.0. The third kappa shape index (κ3) is 4.33. The number of aryl methyl sites for hydroxylation is 1. The normalized spacial score (nSPS) is 13.2. The van der Waals surface area contributed by atoms with E-state index < -0.39 is 11.5 Å². The number of aromatic carboxylic acids is 1. The van der Waals surface area contributed by atoms with E-state index in [1.54, 1.807) is 7.11 Å². The quantitative estimate of drug-likeness (QED) is 0.248. The summed E-state index contributed by atoms with van der Waals surface area (Å²) in [6, 6.07) is 21.4. The molecule has 0 atom stereocenters. The first-order chi connectivity index (χ1) is 18.4. The molecule has 0 saturated heterocycles. The maximum absolute atomic E-state index is 13.4. The molecule has 0 amide bonds. The van der Waals surface area contributed by atoms with Gasteiger partial charge >= 0.3 is 5.97 Å². The van der Waals surface area contributed by atoms with Gasteiger partial charge in [0.05, 0.1) is 18.6 Å². The van der Waals surface area contributed by atoms with Gasteiger partial charge in [-0.25, -0.2) is 4.79 Å². The molecular formula is C31H27NO5S. The van der Waals surface area contributed by atoms with Crippen LogP contribution in [0.25, 0.3) is 26.0 Å². The monoisotopic (exact) mass is 525 g/mol. The van der Waals surface area contributed by atoms with Gasteiger partial charge in [-0.1, -0.05) is 42.5 Å². The smallest absolute Gasteiger partial charge is 0.354 e. The van der Waals surface area contributed by atoms with Crippen molar-refractivity contribution in [1.82, 2.24) is 4.40 Å². The van der Waals surface area contributed by atoms with Gasteiger partial charge in [-0.3, -0.25) is 9.20 Å². The Balaban J connectivity index is 1.48. The first-order valence-electron chi connectivity index (χ1n) is 12.6. The Labute approximate surface area is 223 Å². The zero-order valence-electron chi connectivity index (χ0n) is 21.2. The summed E-state index contributed by atoms with van der Waals surface area (Å²) in [7, 11) is 1.56. The average molecular weight is 526 g/mol. The van der Waals surface area contributed by atoms with Crippen molar-refractivity contribution in [1.29, 1.82) is 0 Å². The minimum atomic E-state index is -1.16. The molecule has 38 heavy (non-hydrogen) atoms. The van der Waals surface area contributed by atoms with E-state index in [1.807, 2.05) is 49.4 Å². The summed E-state index contributed by atoms with van der Waals surface area (Å²) < 4.78 is 13.0. The number of rotatable bonds is 8. The standard InChI is InChI=1S/C31H27NO5S/c1-18-14-22(12-13-25(18)37-17-19-10-11-19)29-27(31(34)35)32-26(33)16-23(28(36-2)30(32)38-29)15-21-8-5-7-20-6-3-4-9-24(20)21/h3-9,12-14,16,19H,10-11,15,17H2,1-2H3,(H,34,35). The van der Waals surface area contributed by atoms with Crippen LogP contribution < -0.4 is 15.0 Å². The predicted octanol–water partition coefficient (Wildman–Crippen LogP) is 6.58. The number of fused-ring (bicyclic) bond motifs is 2. The van der Waals surface area contributed by atoms with Gasteiger partial charge in [0.2, 0.25) is 0 Å². The number of carbonyl (C=O) groups is 1. The Kier molecular flexibility index (Phi) is 6.16. The SMILES string of the molecule is COc1c(Cc2cccc3ccccc23)cc(=O)n2c(C(=O)O)c(-c3ccc(OCC4CC4)c(C)c3)sc12. The van der Waals surface area contributed by atoms with E-state index in [9.17, 15) is 14.7 Å². The minimum absolute atomic E-state index is 0.0592. The van der Waals surface area contributed by atoms with Crippen LogP contribution in [0.3, 0.4) is 0 Å². The van der Waals surface area contributed by atoms with Crippen LogP contribution in [0.5, 0.6) is 11.5 Å². The molecule has 192 valence electrons. The maximum Gasteiger partial charge on any atom is 0.354 e. The first kappa shape index (κ1) is 24.2. The number of carboxylic acid groups (broad SMARTS) is 1. The summed E-state index contributed by atoms with van der Waals surface area (Å²) in [4.78, 5) is 26.8. The fourth-order valence-electron chi connectivity index (χ4n) is 5.00. The number of nitrogens with zero attached hydrogens (tertiary/aromatic N) is 1. The van der Waals surface area contributed by atoms with Crippen LogP contribution in [-0.2, 0) is 6.42 Å². The molecule has 5 aromatic rings. The van der Waals surface area contributed by atoms with E-state index in [4.69, 9.17) is 9.47 Å². The number of benzene rings is 3. The highest BCUT2D eigenvalue weighted by Crippen LogP contribution is 2.40. The van der Waals surface area contributed by atoms with Crippen LogP contribution in [-0.4, -0.2) is 29.2 Å². The highest BCUT2D eigenvalue weighted by Gasteiger charge is 2.26. The number of pyridine rings is 1. The Bertz CT molecular complexity index is 1760. The van der Waals surface area contributed by atoms with Crippen molar-refractivity contribution >= 4 is 32.9 Å². The van der Waals surface area contributed by atoms with E-state index in [2.05, 4.69) is 18.2 Å². The van der Waals surface area contributed by atoms with Gasteiger partial charge in [0.25, 0.3) is 5.56 Å². The molecule has 1 fully saturated rings. The van der Waals surface area contributed by atoms with Gasteiger partial charge < -0.3 is 14.6 Å². The van der Waals surface area contributed by atoms with Gasteiger partial charge in [0.15, 0.2) is 11.4 Å². The number of hydrogen-bond acceptors (Lipinski definition) is 5. The number of aromatic nitrogens is 1. The van der Waals surface area contributed by atoms with Gasteiger partial charge in [-0.2, -0.15) is 0 Å². The lowest BCUT2D eigenvalue weighted by molar-refractivity contribution is 0.0690. The number of hydrogen-bond donors (Lipinski definition) is 1. The molecule has 6 nitrogen and oxygen atoms in total.